The van der Waals surface area contributed by atoms with E-state index in [-0.39, 0.29) is 18.4 Å². The van der Waals surface area contributed by atoms with Crippen molar-refractivity contribution in [2.24, 2.45) is 0 Å². The average molecular weight is 310 g/mol. The molecule has 2 amide bonds. The summed E-state index contributed by atoms with van der Waals surface area (Å²) in [7, 11) is 0. The minimum atomic E-state index is -1.04. The van der Waals surface area contributed by atoms with Gasteiger partial charge in [0.1, 0.15) is 0 Å². The first-order chi connectivity index (χ1) is 9.93. The number of hydrogen-bond donors (Lipinski definition) is 3. The molecule has 3 N–H and O–H groups in total. The van der Waals surface area contributed by atoms with Crippen molar-refractivity contribution in [3.63, 3.8) is 0 Å². The number of rotatable bonds is 7. The molecule has 0 bridgehead atoms. The first kappa shape index (κ1) is 16.9. The zero-order chi connectivity index (χ0) is 15.8. The lowest BCUT2D eigenvalue weighted by atomic mass is 10.2. The van der Waals surface area contributed by atoms with Crippen molar-refractivity contribution in [1.29, 1.82) is 0 Å². The molecule has 1 rings (SSSR count). The lowest BCUT2D eigenvalue weighted by Gasteiger charge is -2.04. The number of hydrogen-bond acceptors (Lipinski definition) is 4. The van der Waals surface area contributed by atoms with Crippen LogP contribution in [0.4, 0.5) is 0 Å². The van der Waals surface area contributed by atoms with Gasteiger partial charge in [0.15, 0.2) is 0 Å². The highest BCUT2D eigenvalue weighted by Gasteiger charge is 2.12. The van der Waals surface area contributed by atoms with Gasteiger partial charge in [-0.3, -0.25) is 9.59 Å². The highest BCUT2D eigenvalue weighted by Crippen LogP contribution is 2.23. The molecule has 0 aliphatic rings. The van der Waals surface area contributed by atoms with Crippen LogP contribution in [-0.2, 0) is 9.59 Å². The molecule has 1 heterocycles. The number of carboxylic acids is 1. The van der Waals surface area contributed by atoms with E-state index in [9.17, 15) is 14.4 Å². The molecule has 0 radical (unpaired) electrons. The van der Waals surface area contributed by atoms with Gasteiger partial charge in [0.05, 0.1) is 11.4 Å². The van der Waals surface area contributed by atoms with E-state index in [0.717, 1.165) is 18.1 Å². The maximum atomic E-state index is 11.9. The van der Waals surface area contributed by atoms with Crippen LogP contribution in [0.25, 0.3) is 6.08 Å². The first-order valence-corrected chi connectivity index (χ1v) is 7.32. The zero-order valence-electron chi connectivity index (χ0n) is 11.9. The third kappa shape index (κ3) is 5.78. The number of carbonyl (C=O) groups excluding carboxylic acids is 2. The van der Waals surface area contributed by atoms with Gasteiger partial charge in [-0.25, -0.2) is 4.79 Å². The second kappa shape index (κ2) is 8.21. The molecular formula is C14H18N2O4S. The van der Waals surface area contributed by atoms with Crippen LogP contribution in [-0.4, -0.2) is 36.0 Å². The Morgan fingerprint density at radius 3 is 2.67 bits per heavy atom. The molecule has 0 atom stereocenters. The Hall–Kier alpha value is -2.15. The summed E-state index contributed by atoms with van der Waals surface area (Å²) in [4.78, 5) is 34.9. The Balaban J connectivity index is 2.61. The monoisotopic (exact) mass is 310 g/mol. The third-order valence-corrected chi connectivity index (χ3v) is 3.74. The van der Waals surface area contributed by atoms with Crippen LogP contribution in [0.1, 0.15) is 33.5 Å². The average Bonchev–Trinajstić information content (AvgIpc) is 2.81. The van der Waals surface area contributed by atoms with Crippen LogP contribution in [0.5, 0.6) is 0 Å². The number of thiophene rings is 1. The number of carbonyl (C=O) groups is 3. The number of amides is 2. The molecule has 1 aromatic heterocycles. The van der Waals surface area contributed by atoms with Crippen molar-refractivity contribution in [2.75, 3.05) is 13.1 Å². The summed E-state index contributed by atoms with van der Waals surface area (Å²) in [5.41, 5.74) is 0.818. The summed E-state index contributed by atoms with van der Waals surface area (Å²) in [6.07, 6.45) is 3.31. The van der Waals surface area contributed by atoms with Crippen molar-refractivity contribution in [2.45, 2.75) is 20.3 Å². The maximum Gasteiger partial charge on any atom is 0.328 e. The van der Waals surface area contributed by atoms with Gasteiger partial charge in [0.2, 0.25) is 5.91 Å². The molecule has 21 heavy (non-hydrogen) atoms. The summed E-state index contributed by atoms with van der Waals surface area (Å²) in [5, 5.41) is 13.8. The fraction of sp³-hybridized carbons (Fsp3) is 0.357. The molecule has 0 saturated heterocycles. The Labute approximate surface area is 126 Å². The van der Waals surface area contributed by atoms with E-state index in [0.29, 0.717) is 16.3 Å². The number of carboxylic acid groups (broad SMARTS) is 1. The van der Waals surface area contributed by atoms with Gasteiger partial charge in [-0.15, -0.1) is 11.3 Å². The van der Waals surface area contributed by atoms with E-state index in [1.165, 1.54) is 17.4 Å². The quantitative estimate of drug-likeness (QED) is 0.664. The van der Waals surface area contributed by atoms with E-state index in [2.05, 4.69) is 10.6 Å². The van der Waals surface area contributed by atoms with E-state index >= 15 is 0 Å². The fourth-order valence-electron chi connectivity index (χ4n) is 1.50. The lowest BCUT2D eigenvalue weighted by molar-refractivity contribution is -0.131. The zero-order valence-corrected chi connectivity index (χ0v) is 12.8. The molecule has 114 valence electrons. The largest absolute Gasteiger partial charge is 0.478 e. The smallest absolute Gasteiger partial charge is 0.328 e. The van der Waals surface area contributed by atoms with Crippen LogP contribution in [0.15, 0.2) is 12.1 Å². The molecule has 0 spiro atoms. The molecule has 6 nitrogen and oxygen atoms in total. The molecule has 0 fully saturated rings. The van der Waals surface area contributed by atoms with Crippen LogP contribution >= 0.6 is 11.3 Å². The topological polar surface area (TPSA) is 95.5 Å². The molecule has 1 aromatic rings. The van der Waals surface area contributed by atoms with Gasteiger partial charge in [-0.2, -0.15) is 0 Å². The number of aliphatic carboxylic acids is 1. The predicted molar refractivity (Wildman–Crippen MR) is 81.4 cm³/mol. The fourth-order valence-corrected chi connectivity index (χ4v) is 2.49. The molecule has 0 saturated carbocycles. The van der Waals surface area contributed by atoms with Gasteiger partial charge in [0, 0.05) is 17.5 Å². The van der Waals surface area contributed by atoms with Gasteiger partial charge in [-0.1, -0.05) is 6.92 Å². The van der Waals surface area contributed by atoms with Crippen molar-refractivity contribution in [3.8, 4) is 0 Å². The summed E-state index contributed by atoms with van der Waals surface area (Å²) < 4.78 is 0. The molecular weight excluding hydrogens is 292 g/mol. The van der Waals surface area contributed by atoms with Crippen molar-refractivity contribution in [3.05, 3.63) is 27.5 Å². The molecule has 0 aliphatic heterocycles. The summed E-state index contributed by atoms with van der Waals surface area (Å²) >= 11 is 1.19. The van der Waals surface area contributed by atoms with E-state index in [1.54, 1.807) is 13.0 Å². The molecule has 0 aliphatic carbocycles. The summed E-state index contributed by atoms with van der Waals surface area (Å²) in [6, 6.07) is 1.67. The SMILES string of the molecule is CCCNC(=O)CNC(=O)c1cc(C)c(/C=C/C(=O)O)s1. The second-order valence-corrected chi connectivity index (χ2v) is 5.45. The minimum absolute atomic E-state index is 0.0733. The highest BCUT2D eigenvalue weighted by molar-refractivity contribution is 7.15. The molecule has 0 aromatic carbocycles. The highest BCUT2D eigenvalue weighted by atomic mass is 32.1. The van der Waals surface area contributed by atoms with Crippen molar-refractivity contribution in [1.82, 2.24) is 10.6 Å². The van der Waals surface area contributed by atoms with Crippen molar-refractivity contribution < 1.29 is 19.5 Å². The van der Waals surface area contributed by atoms with Crippen LogP contribution in [0, 0.1) is 6.92 Å². The predicted octanol–water partition coefficient (Wildman–Crippen LogP) is 1.41. The van der Waals surface area contributed by atoms with E-state index in [1.807, 2.05) is 6.92 Å². The van der Waals surface area contributed by atoms with Gasteiger partial charge >= 0.3 is 5.97 Å². The van der Waals surface area contributed by atoms with Crippen LogP contribution in [0.3, 0.4) is 0 Å². The Bertz CT molecular complexity index is 563. The second-order valence-electron chi connectivity index (χ2n) is 4.36. The van der Waals surface area contributed by atoms with Gasteiger partial charge in [-0.05, 0) is 31.1 Å². The van der Waals surface area contributed by atoms with Crippen LogP contribution in [0.2, 0.25) is 0 Å². The van der Waals surface area contributed by atoms with E-state index in [4.69, 9.17) is 5.11 Å². The summed E-state index contributed by atoms with van der Waals surface area (Å²) in [6.45, 7) is 4.25. The minimum Gasteiger partial charge on any atom is -0.478 e. The Morgan fingerprint density at radius 1 is 1.33 bits per heavy atom. The number of nitrogens with one attached hydrogen (secondary N) is 2. The van der Waals surface area contributed by atoms with Crippen molar-refractivity contribution >= 4 is 35.2 Å². The Kier molecular flexibility index (Phi) is 6.61. The Morgan fingerprint density at radius 2 is 2.05 bits per heavy atom. The van der Waals surface area contributed by atoms with Crippen LogP contribution < -0.4 is 10.6 Å². The lowest BCUT2D eigenvalue weighted by Crippen LogP contribution is -2.36. The first-order valence-electron chi connectivity index (χ1n) is 6.50. The maximum absolute atomic E-state index is 11.9. The standard InChI is InChI=1S/C14H18N2O4S/c1-3-6-15-12(17)8-16-14(20)11-7-9(2)10(21-11)4-5-13(18)19/h4-5,7H,3,6,8H2,1-2H3,(H,15,17)(H,16,20)(H,18,19)/b5-4+. The van der Waals surface area contributed by atoms with Gasteiger partial charge in [0.25, 0.3) is 5.91 Å². The van der Waals surface area contributed by atoms with Gasteiger partial charge < -0.3 is 15.7 Å². The summed E-state index contributed by atoms with van der Waals surface area (Å²) in [5.74, 6) is -1.62. The molecule has 7 heteroatoms. The number of aryl methyl sites for hydroxylation is 1. The van der Waals surface area contributed by atoms with E-state index < -0.39 is 5.97 Å². The normalized spacial score (nSPS) is 10.6. The third-order valence-electron chi connectivity index (χ3n) is 2.54. The molecule has 0 unspecified atom stereocenters.